The van der Waals surface area contributed by atoms with E-state index in [0.29, 0.717) is 35.8 Å². The number of rotatable bonds is 10. The minimum atomic E-state index is -0.00193. The first-order valence-corrected chi connectivity index (χ1v) is 11.9. The fourth-order valence-electron chi connectivity index (χ4n) is 4.02. The summed E-state index contributed by atoms with van der Waals surface area (Å²) < 4.78 is 13.0. The molecule has 176 valence electrons. The molecule has 5 nitrogen and oxygen atoms in total. The first kappa shape index (κ1) is 23.6. The Bertz CT molecular complexity index is 1280. The van der Waals surface area contributed by atoms with Crippen molar-refractivity contribution in [1.82, 2.24) is 9.55 Å². The van der Waals surface area contributed by atoms with Crippen LogP contribution >= 0.6 is 0 Å². The second-order valence-corrected chi connectivity index (χ2v) is 8.77. The largest absolute Gasteiger partial charge is 0.497 e. The summed E-state index contributed by atoms with van der Waals surface area (Å²) in [5.41, 5.74) is 2.93. The summed E-state index contributed by atoms with van der Waals surface area (Å²) in [6.07, 6.45) is 2.77. The highest BCUT2D eigenvalue weighted by Gasteiger charge is 2.13. The first-order chi connectivity index (χ1) is 16.6. The van der Waals surface area contributed by atoms with E-state index in [-0.39, 0.29) is 5.56 Å². The van der Waals surface area contributed by atoms with E-state index in [0.717, 1.165) is 36.3 Å². The predicted octanol–water partition coefficient (Wildman–Crippen LogP) is 6.44. The summed E-state index contributed by atoms with van der Waals surface area (Å²) in [5.74, 6) is 2.89. The molecule has 4 rings (SSSR count). The molecular weight excluding hydrogens is 424 g/mol. The fourth-order valence-corrected chi connectivity index (χ4v) is 4.02. The Hall–Kier alpha value is -3.60. The van der Waals surface area contributed by atoms with Crippen molar-refractivity contribution < 1.29 is 9.47 Å². The van der Waals surface area contributed by atoms with E-state index in [1.54, 1.807) is 11.7 Å². The lowest BCUT2D eigenvalue weighted by Crippen LogP contribution is -2.23. The SMILES string of the molecule is COc1ccc(-c2nc3ccccc3c(=O)n2CCCCCOc2ccc(C(C)C)cc2)cc1. The van der Waals surface area contributed by atoms with Crippen LogP contribution in [0.3, 0.4) is 0 Å². The maximum absolute atomic E-state index is 13.3. The Labute approximate surface area is 201 Å². The molecule has 5 heteroatoms. The number of benzene rings is 3. The molecule has 0 bridgehead atoms. The van der Waals surface area contributed by atoms with E-state index in [1.807, 2.05) is 60.7 Å². The van der Waals surface area contributed by atoms with Crippen LogP contribution in [-0.2, 0) is 6.54 Å². The van der Waals surface area contributed by atoms with Gasteiger partial charge in [0.25, 0.3) is 5.56 Å². The summed E-state index contributed by atoms with van der Waals surface area (Å²) in [7, 11) is 1.64. The van der Waals surface area contributed by atoms with Gasteiger partial charge in [-0.15, -0.1) is 0 Å². The molecular formula is C29H32N2O3. The van der Waals surface area contributed by atoms with Crippen molar-refractivity contribution in [3.63, 3.8) is 0 Å². The first-order valence-electron chi connectivity index (χ1n) is 11.9. The van der Waals surface area contributed by atoms with Gasteiger partial charge in [-0.3, -0.25) is 9.36 Å². The van der Waals surface area contributed by atoms with Crippen molar-refractivity contribution in [3.8, 4) is 22.9 Å². The molecule has 0 atom stereocenters. The quantitative estimate of drug-likeness (QED) is 0.258. The average Bonchev–Trinajstić information content (AvgIpc) is 2.87. The topological polar surface area (TPSA) is 53.3 Å². The smallest absolute Gasteiger partial charge is 0.261 e. The highest BCUT2D eigenvalue weighted by atomic mass is 16.5. The van der Waals surface area contributed by atoms with Crippen molar-refractivity contribution >= 4 is 10.9 Å². The lowest BCUT2D eigenvalue weighted by atomic mass is 10.0. The molecule has 0 fully saturated rings. The highest BCUT2D eigenvalue weighted by Crippen LogP contribution is 2.23. The monoisotopic (exact) mass is 456 g/mol. The van der Waals surface area contributed by atoms with Crippen LogP contribution in [0, 0.1) is 0 Å². The molecule has 0 spiro atoms. The second kappa shape index (κ2) is 11.0. The molecule has 0 aliphatic rings. The maximum atomic E-state index is 13.3. The third-order valence-electron chi connectivity index (χ3n) is 6.05. The number of aromatic nitrogens is 2. The molecule has 0 radical (unpaired) electrons. The number of hydrogen-bond acceptors (Lipinski definition) is 4. The van der Waals surface area contributed by atoms with Crippen LogP contribution in [0.2, 0.25) is 0 Å². The van der Waals surface area contributed by atoms with Gasteiger partial charge in [0.05, 0.1) is 24.6 Å². The molecule has 0 aliphatic heterocycles. The molecule has 0 unspecified atom stereocenters. The van der Waals surface area contributed by atoms with Crippen molar-refractivity contribution in [1.29, 1.82) is 0 Å². The highest BCUT2D eigenvalue weighted by molar-refractivity contribution is 5.79. The Balaban J connectivity index is 1.42. The molecule has 0 saturated carbocycles. The summed E-state index contributed by atoms with van der Waals surface area (Å²) in [5, 5.41) is 0.646. The zero-order valence-corrected chi connectivity index (χ0v) is 20.2. The van der Waals surface area contributed by atoms with E-state index in [1.165, 1.54) is 5.56 Å². The number of para-hydroxylation sites is 1. The Morgan fingerprint density at radius 2 is 1.56 bits per heavy atom. The van der Waals surface area contributed by atoms with E-state index >= 15 is 0 Å². The van der Waals surface area contributed by atoms with Gasteiger partial charge in [-0.2, -0.15) is 0 Å². The van der Waals surface area contributed by atoms with Crippen LogP contribution < -0.4 is 15.0 Å². The van der Waals surface area contributed by atoms with Crippen molar-refractivity contribution in [2.75, 3.05) is 13.7 Å². The van der Waals surface area contributed by atoms with Crippen LogP contribution in [0.1, 0.15) is 44.6 Å². The van der Waals surface area contributed by atoms with Crippen molar-refractivity contribution in [2.24, 2.45) is 0 Å². The van der Waals surface area contributed by atoms with Crippen LogP contribution in [0.15, 0.2) is 77.6 Å². The number of fused-ring (bicyclic) bond motifs is 1. The molecule has 4 aromatic rings. The zero-order valence-electron chi connectivity index (χ0n) is 20.2. The van der Waals surface area contributed by atoms with Crippen LogP contribution in [0.25, 0.3) is 22.3 Å². The third kappa shape index (κ3) is 5.48. The molecule has 34 heavy (non-hydrogen) atoms. The molecule has 0 saturated heterocycles. The van der Waals surface area contributed by atoms with E-state index in [2.05, 4.69) is 26.0 Å². The minimum Gasteiger partial charge on any atom is -0.497 e. The Kier molecular flexibility index (Phi) is 7.63. The van der Waals surface area contributed by atoms with Gasteiger partial charge in [-0.05, 0) is 79.3 Å². The molecule has 0 amide bonds. The normalized spacial score (nSPS) is 11.2. The minimum absolute atomic E-state index is 0.00193. The maximum Gasteiger partial charge on any atom is 0.261 e. The van der Waals surface area contributed by atoms with Crippen molar-refractivity contribution in [2.45, 2.75) is 45.6 Å². The van der Waals surface area contributed by atoms with Gasteiger partial charge in [-0.1, -0.05) is 38.1 Å². The van der Waals surface area contributed by atoms with Gasteiger partial charge in [0, 0.05) is 12.1 Å². The lowest BCUT2D eigenvalue weighted by Gasteiger charge is -2.14. The van der Waals surface area contributed by atoms with E-state index in [9.17, 15) is 4.79 Å². The third-order valence-corrected chi connectivity index (χ3v) is 6.05. The van der Waals surface area contributed by atoms with Crippen LogP contribution in [0.5, 0.6) is 11.5 Å². The summed E-state index contributed by atoms with van der Waals surface area (Å²) in [6, 6.07) is 23.5. The zero-order chi connectivity index (χ0) is 23.9. The summed E-state index contributed by atoms with van der Waals surface area (Å²) in [6.45, 7) is 5.65. The Morgan fingerprint density at radius 1 is 0.853 bits per heavy atom. The molecule has 0 N–H and O–H groups in total. The van der Waals surface area contributed by atoms with Gasteiger partial charge in [0.2, 0.25) is 0 Å². The van der Waals surface area contributed by atoms with Gasteiger partial charge in [0.1, 0.15) is 17.3 Å². The van der Waals surface area contributed by atoms with Gasteiger partial charge < -0.3 is 9.47 Å². The second-order valence-electron chi connectivity index (χ2n) is 8.77. The Morgan fingerprint density at radius 3 is 2.26 bits per heavy atom. The fraction of sp³-hybridized carbons (Fsp3) is 0.310. The van der Waals surface area contributed by atoms with Crippen LogP contribution in [0.4, 0.5) is 0 Å². The number of unbranched alkanes of at least 4 members (excludes halogenated alkanes) is 2. The van der Waals surface area contributed by atoms with E-state index in [4.69, 9.17) is 14.5 Å². The molecule has 1 heterocycles. The van der Waals surface area contributed by atoms with Gasteiger partial charge in [-0.25, -0.2) is 4.98 Å². The number of nitrogens with zero attached hydrogens (tertiary/aromatic N) is 2. The molecule has 3 aromatic carbocycles. The average molecular weight is 457 g/mol. The molecule has 0 aliphatic carbocycles. The number of methoxy groups -OCH3 is 1. The van der Waals surface area contributed by atoms with Gasteiger partial charge in [0.15, 0.2) is 0 Å². The standard InChI is InChI=1S/C29H32N2O3/c1-21(2)22-11-17-25(18-12-22)34-20-8-4-7-19-31-28(23-13-15-24(33-3)16-14-23)30-27-10-6-5-9-26(27)29(31)32/h5-6,9-18,21H,4,7-8,19-20H2,1-3H3. The number of ether oxygens (including phenoxy) is 2. The van der Waals surface area contributed by atoms with Gasteiger partial charge >= 0.3 is 0 Å². The van der Waals surface area contributed by atoms with E-state index < -0.39 is 0 Å². The summed E-state index contributed by atoms with van der Waals surface area (Å²) in [4.78, 5) is 18.1. The number of hydrogen-bond donors (Lipinski definition) is 0. The summed E-state index contributed by atoms with van der Waals surface area (Å²) >= 11 is 0. The van der Waals surface area contributed by atoms with Crippen molar-refractivity contribution in [3.05, 3.63) is 88.7 Å². The predicted molar refractivity (Wildman–Crippen MR) is 138 cm³/mol. The van der Waals surface area contributed by atoms with Crippen LogP contribution in [-0.4, -0.2) is 23.3 Å². The lowest BCUT2D eigenvalue weighted by molar-refractivity contribution is 0.303. The molecule has 1 aromatic heterocycles.